The molecule has 1 amide bonds. The van der Waals surface area contributed by atoms with Crippen LogP contribution >= 0.6 is 0 Å². The van der Waals surface area contributed by atoms with Crippen LogP contribution in [0.3, 0.4) is 0 Å². The molecule has 2 aliphatic heterocycles. The summed E-state index contributed by atoms with van der Waals surface area (Å²) in [7, 11) is 0. The number of ether oxygens (including phenoxy) is 1. The lowest BCUT2D eigenvalue weighted by Crippen LogP contribution is -2.38. The van der Waals surface area contributed by atoms with Crippen LogP contribution in [0.1, 0.15) is 61.4 Å². The van der Waals surface area contributed by atoms with Crippen LogP contribution in [0.15, 0.2) is 42.9 Å². The minimum Gasteiger partial charge on any atom is -0.350 e. The first kappa shape index (κ1) is 26.6. The van der Waals surface area contributed by atoms with Gasteiger partial charge in [0.05, 0.1) is 5.56 Å². The van der Waals surface area contributed by atoms with Gasteiger partial charge in [0, 0.05) is 62.2 Å². The Labute approximate surface area is 224 Å². The van der Waals surface area contributed by atoms with Crippen molar-refractivity contribution in [3.63, 3.8) is 0 Å². The Bertz CT molecular complexity index is 1170. The Morgan fingerprint density at radius 1 is 1.13 bits per heavy atom. The maximum Gasteiger partial charge on any atom is 0.278 e. The smallest absolute Gasteiger partial charge is 0.278 e. The van der Waals surface area contributed by atoms with E-state index in [1.807, 2.05) is 0 Å². The first-order chi connectivity index (χ1) is 18.7. The van der Waals surface area contributed by atoms with Crippen molar-refractivity contribution in [3.05, 3.63) is 54.0 Å². The van der Waals surface area contributed by atoms with E-state index in [9.17, 15) is 4.79 Å². The molecule has 2 aliphatic rings. The van der Waals surface area contributed by atoms with Gasteiger partial charge in [-0.15, -0.1) is 0 Å². The van der Waals surface area contributed by atoms with Gasteiger partial charge in [0.1, 0.15) is 0 Å². The number of aromatic nitrogens is 3. The second-order valence-electron chi connectivity index (χ2n) is 10.4. The molecular weight excluding hydrogens is 480 g/mol. The van der Waals surface area contributed by atoms with Gasteiger partial charge in [-0.05, 0) is 69.2 Å². The van der Waals surface area contributed by atoms with E-state index in [1.54, 1.807) is 12.4 Å². The molecule has 3 aromatic rings. The standard InChI is InChI=1S/C29H40N6O3/c1-2-14-35-21-23(25-7-3-4-8-26(25)35)10-13-30-18-22-11-15-34(16-12-22)29-31-19-24(20-32-29)28(36)33-38-27-9-5-6-17-37-27/h3-4,7-8,19-22,27,30H,2,5-6,9-18H2,1H3,(H,33,36). The third-order valence-electron chi connectivity index (χ3n) is 7.56. The largest absolute Gasteiger partial charge is 0.350 e. The number of amides is 1. The number of rotatable bonds is 11. The summed E-state index contributed by atoms with van der Waals surface area (Å²) in [6.07, 6.45) is 12.3. The number of carbonyl (C=O) groups is 1. The molecule has 204 valence electrons. The molecule has 4 heterocycles. The third-order valence-corrected chi connectivity index (χ3v) is 7.56. The molecule has 0 saturated carbocycles. The van der Waals surface area contributed by atoms with Crippen LogP contribution in [0.25, 0.3) is 10.9 Å². The van der Waals surface area contributed by atoms with Crippen molar-refractivity contribution in [2.75, 3.05) is 37.7 Å². The van der Waals surface area contributed by atoms with E-state index >= 15 is 0 Å². The number of hydrogen-bond acceptors (Lipinski definition) is 7. The van der Waals surface area contributed by atoms with Crippen molar-refractivity contribution >= 4 is 22.8 Å². The zero-order valence-corrected chi connectivity index (χ0v) is 22.4. The van der Waals surface area contributed by atoms with Crippen molar-refractivity contribution in [1.82, 2.24) is 25.3 Å². The number of para-hydroxylation sites is 1. The van der Waals surface area contributed by atoms with Gasteiger partial charge in [0.25, 0.3) is 5.91 Å². The predicted octanol–water partition coefficient (Wildman–Crippen LogP) is 4.08. The molecule has 1 aromatic carbocycles. The number of aryl methyl sites for hydroxylation is 1. The SMILES string of the molecule is CCCn1cc(CCNCC2CCN(c3ncc(C(=O)NOC4CCCCO4)cn3)CC2)c2ccccc21. The third kappa shape index (κ3) is 6.70. The van der Waals surface area contributed by atoms with E-state index in [2.05, 4.69) is 67.6 Å². The van der Waals surface area contributed by atoms with Crippen molar-refractivity contribution in [2.24, 2.45) is 5.92 Å². The highest BCUT2D eigenvalue weighted by atomic mass is 16.8. The Kier molecular flexibility index (Phi) is 9.22. The van der Waals surface area contributed by atoms with Crippen molar-refractivity contribution in [3.8, 4) is 0 Å². The van der Waals surface area contributed by atoms with Crippen molar-refractivity contribution in [1.29, 1.82) is 0 Å². The fraction of sp³-hybridized carbons (Fsp3) is 0.552. The van der Waals surface area contributed by atoms with Crippen LogP contribution in [0, 0.1) is 5.92 Å². The lowest BCUT2D eigenvalue weighted by atomic mass is 9.97. The van der Waals surface area contributed by atoms with Gasteiger partial charge in [0.2, 0.25) is 5.95 Å². The van der Waals surface area contributed by atoms with Gasteiger partial charge in [-0.3, -0.25) is 4.79 Å². The fourth-order valence-corrected chi connectivity index (χ4v) is 5.40. The zero-order chi connectivity index (χ0) is 26.2. The Hall–Kier alpha value is -3.01. The van der Waals surface area contributed by atoms with Crippen LogP contribution in [0.4, 0.5) is 5.95 Å². The summed E-state index contributed by atoms with van der Waals surface area (Å²) in [6.45, 7) is 7.82. The number of hydrogen-bond donors (Lipinski definition) is 2. The highest BCUT2D eigenvalue weighted by Crippen LogP contribution is 2.23. The average Bonchev–Trinajstić information content (AvgIpc) is 3.32. The van der Waals surface area contributed by atoms with Gasteiger partial charge in [-0.2, -0.15) is 0 Å². The summed E-state index contributed by atoms with van der Waals surface area (Å²) in [5, 5.41) is 5.08. The lowest BCUT2D eigenvalue weighted by Gasteiger charge is -2.32. The van der Waals surface area contributed by atoms with Crippen LogP contribution in [-0.2, 0) is 22.5 Å². The first-order valence-electron chi connectivity index (χ1n) is 14.1. The molecule has 1 unspecified atom stereocenters. The number of hydroxylamine groups is 1. The highest BCUT2D eigenvalue weighted by molar-refractivity contribution is 5.92. The van der Waals surface area contributed by atoms with E-state index in [4.69, 9.17) is 9.57 Å². The van der Waals surface area contributed by atoms with Crippen molar-refractivity contribution < 1.29 is 14.4 Å². The van der Waals surface area contributed by atoms with Gasteiger partial charge in [-0.25, -0.2) is 20.3 Å². The summed E-state index contributed by atoms with van der Waals surface area (Å²) in [6, 6.07) is 8.73. The first-order valence-corrected chi connectivity index (χ1v) is 14.1. The highest BCUT2D eigenvalue weighted by Gasteiger charge is 2.22. The molecule has 2 N–H and O–H groups in total. The molecular formula is C29H40N6O3. The van der Waals surface area contributed by atoms with E-state index in [0.29, 0.717) is 24.0 Å². The molecule has 9 heteroatoms. The Morgan fingerprint density at radius 3 is 2.71 bits per heavy atom. The molecule has 0 radical (unpaired) electrons. The zero-order valence-electron chi connectivity index (χ0n) is 22.4. The number of piperidine rings is 1. The van der Waals surface area contributed by atoms with Crippen LogP contribution < -0.4 is 15.7 Å². The number of benzene rings is 1. The molecule has 9 nitrogen and oxygen atoms in total. The van der Waals surface area contributed by atoms with Gasteiger partial charge in [0.15, 0.2) is 6.29 Å². The minimum atomic E-state index is -0.378. The molecule has 0 spiro atoms. The van der Waals surface area contributed by atoms with Gasteiger partial charge in [-0.1, -0.05) is 25.1 Å². The Morgan fingerprint density at radius 2 is 1.95 bits per heavy atom. The topological polar surface area (TPSA) is 93.5 Å². The normalized spacial score (nSPS) is 18.7. The van der Waals surface area contributed by atoms with E-state index < -0.39 is 0 Å². The fourth-order valence-electron chi connectivity index (χ4n) is 5.40. The van der Waals surface area contributed by atoms with Crippen molar-refractivity contribution in [2.45, 2.75) is 64.7 Å². The molecule has 2 aromatic heterocycles. The quantitative estimate of drug-likeness (QED) is 0.291. The summed E-state index contributed by atoms with van der Waals surface area (Å²) in [5.74, 6) is 0.968. The van der Waals surface area contributed by atoms with Gasteiger partial charge >= 0.3 is 0 Å². The summed E-state index contributed by atoms with van der Waals surface area (Å²) >= 11 is 0. The monoisotopic (exact) mass is 520 g/mol. The Balaban J connectivity index is 1.02. The molecule has 1 atom stereocenters. The molecule has 5 rings (SSSR count). The van der Waals surface area contributed by atoms with Crippen LogP contribution in [0.5, 0.6) is 0 Å². The molecule has 0 aliphatic carbocycles. The summed E-state index contributed by atoms with van der Waals surface area (Å²) in [4.78, 5) is 28.8. The maximum atomic E-state index is 12.3. The molecule has 0 bridgehead atoms. The van der Waals surface area contributed by atoms with Gasteiger partial charge < -0.3 is 19.5 Å². The molecule has 2 saturated heterocycles. The van der Waals surface area contributed by atoms with E-state index in [0.717, 1.165) is 77.7 Å². The minimum absolute atomic E-state index is 0.356. The summed E-state index contributed by atoms with van der Waals surface area (Å²) < 4.78 is 7.86. The average molecular weight is 521 g/mol. The van der Waals surface area contributed by atoms with E-state index in [1.165, 1.54) is 16.5 Å². The second kappa shape index (κ2) is 13.2. The second-order valence-corrected chi connectivity index (χ2v) is 10.4. The maximum absolute atomic E-state index is 12.3. The lowest BCUT2D eigenvalue weighted by molar-refractivity contribution is -0.186. The number of fused-ring (bicyclic) bond motifs is 1. The molecule has 38 heavy (non-hydrogen) atoms. The summed E-state index contributed by atoms with van der Waals surface area (Å²) in [5.41, 5.74) is 5.61. The van der Waals surface area contributed by atoms with Crippen LogP contribution in [-0.4, -0.2) is 59.5 Å². The van der Waals surface area contributed by atoms with Crippen LogP contribution in [0.2, 0.25) is 0 Å². The number of carbonyl (C=O) groups excluding carboxylic acids is 1. The predicted molar refractivity (Wildman–Crippen MR) is 148 cm³/mol. The number of nitrogens with one attached hydrogen (secondary N) is 2. The molecule has 2 fully saturated rings. The number of nitrogens with zero attached hydrogens (tertiary/aromatic N) is 4. The number of anilines is 1. The van der Waals surface area contributed by atoms with E-state index in [-0.39, 0.29) is 12.2 Å².